The van der Waals surface area contributed by atoms with Crippen molar-refractivity contribution in [1.29, 1.82) is 0 Å². The van der Waals surface area contributed by atoms with Crippen LogP contribution in [0.5, 0.6) is 0 Å². The molecule has 0 amide bonds. The Morgan fingerprint density at radius 2 is 2.36 bits per heavy atom. The molecule has 0 unspecified atom stereocenters. The minimum atomic E-state index is 0.479. The van der Waals surface area contributed by atoms with Gasteiger partial charge in [0.1, 0.15) is 6.33 Å². The molecule has 1 aromatic heterocycles. The fourth-order valence-corrected chi connectivity index (χ4v) is 0.740. The summed E-state index contributed by atoms with van der Waals surface area (Å²) in [6.07, 6.45) is 1.46. The maximum absolute atomic E-state index is 5.50. The van der Waals surface area contributed by atoms with Crippen LogP contribution in [0.3, 0.4) is 0 Å². The monoisotopic (exact) mass is 155 g/mol. The third-order valence-electron chi connectivity index (χ3n) is 1.40. The van der Waals surface area contributed by atoms with Gasteiger partial charge in [-0.2, -0.15) is 5.10 Å². The molecule has 2 N–H and O–H groups in total. The van der Waals surface area contributed by atoms with Crippen molar-refractivity contribution in [1.82, 2.24) is 19.7 Å². The predicted molar refractivity (Wildman–Crippen MR) is 43.0 cm³/mol. The van der Waals surface area contributed by atoms with Crippen LogP contribution in [0.15, 0.2) is 6.33 Å². The van der Waals surface area contributed by atoms with Gasteiger partial charge in [-0.1, -0.05) is 0 Å². The summed E-state index contributed by atoms with van der Waals surface area (Å²) in [6, 6.07) is 0. The molecule has 1 aromatic rings. The number of nitrogens with zero attached hydrogens (tertiary/aromatic N) is 4. The first kappa shape index (κ1) is 8.00. The predicted octanol–water partition coefficient (Wildman–Crippen LogP) is -0.578. The largest absolute Gasteiger partial charge is 0.368 e. The Hall–Kier alpha value is -1.10. The first-order valence-corrected chi connectivity index (χ1v) is 3.48. The summed E-state index contributed by atoms with van der Waals surface area (Å²) in [6.45, 7) is 1.71. The molecule has 1 rings (SSSR count). The fraction of sp³-hybridized carbons (Fsp3) is 0.667. The third-order valence-corrected chi connectivity index (χ3v) is 1.40. The molecule has 0 aliphatic heterocycles. The summed E-state index contributed by atoms with van der Waals surface area (Å²) < 4.78 is 1.68. The van der Waals surface area contributed by atoms with E-state index in [1.54, 1.807) is 4.68 Å². The molecule has 0 aromatic carbocycles. The van der Waals surface area contributed by atoms with E-state index in [-0.39, 0.29) is 0 Å². The van der Waals surface area contributed by atoms with Gasteiger partial charge >= 0.3 is 0 Å². The van der Waals surface area contributed by atoms with Crippen molar-refractivity contribution in [3.8, 4) is 0 Å². The molecular weight excluding hydrogens is 142 g/mol. The van der Waals surface area contributed by atoms with E-state index in [4.69, 9.17) is 5.73 Å². The van der Waals surface area contributed by atoms with Crippen molar-refractivity contribution in [2.24, 2.45) is 0 Å². The van der Waals surface area contributed by atoms with E-state index < -0.39 is 0 Å². The SMILES string of the molecule is CN(C)CCn1ncnc1N. The van der Waals surface area contributed by atoms with Gasteiger partial charge in [-0.15, -0.1) is 0 Å². The van der Waals surface area contributed by atoms with Crippen molar-refractivity contribution in [3.05, 3.63) is 6.33 Å². The normalized spacial score (nSPS) is 10.8. The van der Waals surface area contributed by atoms with Gasteiger partial charge in [0.05, 0.1) is 6.54 Å². The number of anilines is 1. The van der Waals surface area contributed by atoms with E-state index in [2.05, 4.69) is 15.0 Å². The summed E-state index contributed by atoms with van der Waals surface area (Å²) in [5.41, 5.74) is 5.50. The van der Waals surface area contributed by atoms with E-state index in [1.165, 1.54) is 6.33 Å². The molecule has 0 radical (unpaired) electrons. The lowest BCUT2D eigenvalue weighted by atomic mass is 10.6. The van der Waals surface area contributed by atoms with Gasteiger partial charge in [0.2, 0.25) is 5.95 Å². The minimum Gasteiger partial charge on any atom is -0.368 e. The average molecular weight is 155 g/mol. The van der Waals surface area contributed by atoms with E-state index in [0.29, 0.717) is 5.95 Å². The molecule has 62 valence electrons. The number of hydrogen-bond acceptors (Lipinski definition) is 4. The van der Waals surface area contributed by atoms with E-state index in [1.807, 2.05) is 14.1 Å². The number of nitrogens with two attached hydrogens (primary N) is 1. The van der Waals surface area contributed by atoms with Crippen LogP contribution < -0.4 is 5.73 Å². The summed E-state index contributed by atoms with van der Waals surface area (Å²) in [7, 11) is 4.01. The average Bonchev–Trinajstić information content (AvgIpc) is 2.31. The standard InChI is InChI=1S/C6H13N5/c1-10(2)3-4-11-6(7)8-5-9-11/h5H,3-4H2,1-2H3,(H2,7,8,9). The van der Waals surface area contributed by atoms with Gasteiger partial charge in [-0.25, -0.2) is 9.67 Å². The number of likely N-dealkylation sites (N-methyl/N-ethyl adjacent to an activating group) is 1. The molecule has 0 bridgehead atoms. The molecule has 5 nitrogen and oxygen atoms in total. The van der Waals surface area contributed by atoms with Crippen LogP contribution >= 0.6 is 0 Å². The molecule has 0 aliphatic rings. The Kier molecular flexibility index (Phi) is 2.43. The van der Waals surface area contributed by atoms with Gasteiger partial charge in [0, 0.05) is 6.54 Å². The van der Waals surface area contributed by atoms with Crippen molar-refractivity contribution in [2.45, 2.75) is 6.54 Å². The van der Waals surface area contributed by atoms with Crippen LogP contribution in [0.4, 0.5) is 5.95 Å². The van der Waals surface area contributed by atoms with Crippen LogP contribution in [-0.2, 0) is 6.54 Å². The quantitative estimate of drug-likeness (QED) is 0.634. The molecule has 0 saturated heterocycles. The van der Waals surface area contributed by atoms with Gasteiger partial charge < -0.3 is 10.6 Å². The molecule has 0 atom stereocenters. The minimum absolute atomic E-state index is 0.479. The summed E-state index contributed by atoms with van der Waals surface area (Å²) in [5, 5.41) is 3.94. The number of aromatic nitrogens is 3. The second-order valence-electron chi connectivity index (χ2n) is 2.64. The van der Waals surface area contributed by atoms with Gasteiger partial charge in [-0.05, 0) is 14.1 Å². The van der Waals surface area contributed by atoms with Crippen molar-refractivity contribution in [2.75, 3.05) is 26.4 Å². The number of hydrogen-bond donors (Lipinski definition) is 1. The molecule has 0 aliphatic carbocycles. The van der Waals surface area contributed by atoms with Crippen LogP contribution in [0, 0.1) is 0 Å². The summed E-state index contributed by atoms with van der Waals surface area (Å²) >= 11 is 0. The Balaban J connectivity index is 2.44. The van der Waals surface area contributed by atoms with Crippen molar-refractivity contribution < 1.29 is 0 Å². The molecule has 0 spiro atoms. The molecule has 11 heavy (non-hydrogen) atoms. The lowest BCUT2D eigenvalue weighted by Crippen LogP contribution is -2.19. The lowest BCUT2D eigenvalue weighted by molar-refractivity contribution is 0.375. The zero-order chi connectivity index (χ0) is 8.27. The van der Waals surface area contributed by atoms with Crippen molar-refractivity contribution in [3.63, 3.8) is 0 Å². The summed E-state index contributed by atoms with van der Waals surface area (Å²) in [5.74, 6) is 0.479. The highest BCUT2D eigenvalue weighted by atomic mass is 15.4. The molecule has 0 saturated carbocycles. The Bertz CT molecular complexity index is 217. The lowest BCUT2D eigenvalue weighted by Gasteiger charge is -2.08. The Morgan fingerprint density at radius 3 is 2.82 bits per heavy atom. The van der Waals surface area contributed by atoms with Crippen LogP contribution in [-0.4, -0.2) is 40.3 Å². The molecule has 1 heterocycles. The van der Waals surface area contributed by atoms with E-state index in [9.17, 15) is 0 Å². The summed E-state index contributed by atoms with van der Waals surface area (Å²) in [4.78, 5) is 5.88. The zero-order valence-corrected chi connectivity index (χ0v) is 6.86. The second kappa shape index (κ2) is 3.34. The topological polar surface area (TPSA) is 60.0 Å². The highest BCUT2D eigenvalue weighted by Gasteiger charge is 1.98. The number of rotatable bonds is 3. The van der Waals surface area contributed by atoms with E-state index >= 15 is 0 Å². The maximum atomic E-state index is 5.50. The van der Waals surface area contributed by atoms with Crippen molar-refractivity contribution >= 4 is 5.95 Å². The molecule has 0 fully saturated rings. The van der Waals surface area contributed by atoms with Crippen LogP contribution in [0.1, 0.15) is 0 Å². The van der Waals surface area contributed by atoms with Gasteiger partial charge in [0.25, 0.3) is 0 Å². The number of nitrogen functional groups attached to an aromatic ring is 1. The zero-order valence-electron chi connectivity index (χ0n) is 6.86. The van der Waals surface area contributed by atoms with Crippen LogP contribution in [0.25, 0.3) is 0 Å². The Labute approximate surface area is 65.8 Å². The first-order valence-electron chi connectivity index (χ1n) is 3.48. The van der Waals surface area contributed by atoms with E-state index in [0.717, 1.165) is 13.1 Å². The Morgan fingerprint density at radius 1 is 1.64 bits per heavy atom. The molecule has 5 heteroatoms. The highest BCUT2D eigenvalue weighted by Crippen LogP contribution is 1.93. The smallest absolute Gasteiger partial charge is 0.218 e. The fourth-order valence-electron chi connectivity index (χ4n) is 0.740. The van der Waals surface area contributed by atoms with Gasteiger partial charge in [-0.3, -0.25) is 0 Å². The molecular formula is C6H13N5. The van der Waals surface area contributed by atoms with Crippen LogP contribution in [0.2, 0.25) is 0 Å². The maximum Gasteiger partial charge on any atom is 0.218 e. The van der Waals surface area contributed by atoms with Gasteiger partial charge in [0.15, 0.2) is 0 Å². The highest BCUT2D eigenvalue weighted by molar-refractivity contribution is 5.12. The second-order valence-corrected chi connectivity index (χ2v) is 2.64. The third kappa shape index (κ3) is 2.19. The first-order chi connectivity index (χ1) is 5.20.